The van der Waals surface area contributed by atoms with Gasteiger partial charge in [0, 0.05) is 0 Å². The molecule has 1 aliphatic rings. The zero-order chi connectivity index (χ0) is 10.1. The van der Waals surface area contributed by atoms with E-state index in [-0.39, 0.29) is 0 Å². The molecular weight excluding hydrogens is 156 g/mol. The van der Waals surface area contributed by atoms with E-state index >= 15 is 0 Å². The van der Waals surface area contributed by atoms with E-state index in [1.807, 2.05) is 0 Å². The Morgan fingerprint density at radius 3 is 2.46 bits per heavy atom. The summed E-state index contributed by atoms with van der Waals surface area (Å²) in [6.45, 7) is 13.3. The third-order valence-corrected chi connectivity index (χ3v) is 4.20. The Kier molecular flexibility index (Phi) is 3.21. The molecule has 0 amide bonds. The van der Waals surface area contributed by atoms with Crippen LogP contribution in [0.5, 0.6) is 0 Å². The predicted octanol–water partition coefficient (Wildman–Crippen LogP) is 4.27. The van der Waals surface area contributed by atoms with Gasteiger partial charge < -0.3 is 0 Å². The summed E-state index contributed by atoms with van der Waals surface area (Å²) in [6, 6.07) is 0. The minimum atomic E-state index is 0.659. The van der Waals surface area contributed by atoms with E-state index in [4.69, 9.17) is 0 Å². The van der Waals surface area contributed by atoms with E-state index < -0.39 is 0 Å². The molecule has 1 rings (SSSR count). The van der Waals surface area contributed by atoms with E-state index in [9.17, 15) is 0 Å². The van der Waals surface area contributed by atoms with Gasteiger partial charge in [-0.1, -0.05) is 40.2 Å². The fourth-order valence-electron chi connectivity index (χ4n) is 2.62. The summed E-state index contributed by atoms with van der Waals surface area (Å²) in [6.07, 6.45) is 6.20. The summed E-state index contributed by atoms with van der Waals surface area (Å²) in [5, 5.41) is 0. The van der Waals surface area contributed by atoms with E-state index in [0.717, 1.165) is 11.8 Å². The number of hydrogen-bond donors (Lipinski definition) is 0. The molecule has 0 spiro atoms. The zero-order valence-corrected chi connectivity index (χ0v) is 9.64. The lowest BCUT2D eigenvalue weighted by Crippen LogP contribution is -2.16. The molecule has 1 fully saturated rings. The maximum absolute atomic E-state index is 3.87. The molecule has 0 aromatic rings. The van der Waals surface area contributed by atoms with Gasteiger partial charge in [0.15, 0.2) is 0 Å². The van der Waals surface area contributed by atoms with Crippen LogP contribution >= 0.6 is 0 Å². The molecule has 4 unspecified atom stereocenters. The first-order valence-corrected chi connectivity index (χ1v) is 5.67. The lowest BCUT2D eigenvalue weighted by molar-refractivity contribution is 0.262. The van der Waals surface area contributed by atoms with Gasteiger partial charge in [-0.3, -0.25) is 0 Å². The van der Waals surface area contributed by atoms with Crippen molar-refractivity contribution in [2.45, 2.75) is 47.0 Å². The van der Waals surface area contributed by atoms with Crippen LogP contribution in [-0.4, -0.2) is 0 Å². The fraction of sp³-hybridized carbons (Fsp3) is 0.846. The average Bonchev–Trinajstić information content (AvgIpc) is 2.71. The highest BCUT2D eigenvalue weighted by Crippen LogP contribution is 2.59. The van der Waals surface area contributed by atoms with Crippen LogP contribution in [0, 0.1) is 23.2 Å². The second-order valence-corrected chi connectivity index (χ2v) is 5.16. The monoisotopic (exact) mass is 180 g/mol. The van der Waals surface area contributed by atoms with Gasteiger partial charge in [0.05, 0.1) is 0 Å². The van der Waals surface area contributed by atoms with Gasteiger partial charge in [0.25, 0.3) is 0 Å². The number of allylic oxidation sites excluding steroid dienone is 1. The first kappa shape index (κ1) is 10.8. The Labute approximate surface area is 83.4 Å². The van der Waals surface area contributed by atoms with Crippen LogP contribution in [0.2, 0.25) is 0 Å². The van der Waals surface area contributed by atoms with Gasteiger partial charge in [-0.25, -0.2) is 0 Å². The molecule has 1 aliphatic carbocycles. The molecule has 0 aromatic carbocycles. The average molecular weight is 180 g/mol. The lowest BCUT2D eigenvalue weighted by atomic mass is 9.80. The summed E-state index contributed by atoms with van der Waals surface area (Å²) < 4.78 is 0. The highest BCUT2D eigenvalue weighted by molar-refractivity contribution is 5.01. The molecule has 0 nitrogen and oxygen atoms in total. The Morgan fingerprint density at radius 2 is 2.15 bits per heavy atom. The standard InChI is InChI=1S/C13H24/c1-6-10(3)8-12(7-2)13(5)9-11(13)4/h6,10-12H,1,7-9H2,2-5H3. The smallest absolute Gasteiger partial charge is 0.0262 e. The van der Waals surface area contributed by atoms with Crippen molar-refractivity contribution in [1.82, 2.24) is 0 Å². The Balaban J connectivity index is 2.49. The van der Waals surface area contributed by atoms with Crippen LogP contribution in [0.15, 0.2) is 12.7 Å². The van der Waals surface area contributed by atoms with Crippen LogP contribution < -0.4 is 0 Å². The maximum atomic E-state index is 3.87. The molecule has 0 heterocycles. The van der Waals surface area contributed by atoms with Crippen molar-refractivity contribution in [3.8, 4) is 0 Å². The fourth-order valence-corrected chi connectivity index (χ4v) is 2.62. The third-order valence-electron chi connectivity index (χ3n) is 4.20. The first-order chi connectivity index (χ1) is 6.04. The minimum absolute atomic E-state index is 0.659. The van der Waals surface area contributed by atoms with E-state index in [0.29, 0.717) is 11.3 Å². The maximum Gasteiger partial charge on any atom is -0.0262 e. The molecule has 0 aliphatic heterocycles. The third kappa shape index (κ3) is 2.15. The van der Waals surface area contributed by atoms with E-state index in [1.54, 1.807) is 0 Å². The van der Waals surface area contributed by atoms with Gasteiger partial charge in [0.1, 0.15) is 0 Å². The van der Waals surface area contributed by atoms with Crippen molar-refractivity contribution in [2.24, 2.45) is 23.2 Å². The Hall–Kier alpha value is -0.260. The van der Waals surface area contributed by atoms with Crippen LogP contribution in [0.1, 0.15) is 47.0 Å². The summed E-state index contributed by atoms with van der Waals surface area (Å²) in [7, 11) is 0. The SMILES string of the molecule is C=CC(C)CC(CC)C1(C)CC1C. The molecule has 0 radical (unpaired) electrons. The van der Waals surface area contributed by atoms with Gasteiger partial charge in [0.2, 0.25) is 0 Å². The lowest BCUT2D eigenvalue weighted by Gasteiger charge is -2.25. The molecule has 0 N–H and O–H groups in total. The normalized spacial score (nSPS) is 36.8. The molecular formula is C13H24. The van der Waals surface area contributed by atoms with Gasteiger partial charge >= 0.3 is 0 Å². The highest BCUT2D eigenvalue weighted by Gasteiger charge is 2.51. The van der Waals surface area contributed by atoms with Crippen LogP contribution in [-0.2, 0) is 0 Å². The van der Waals surface area contributed by atoms with Crippen molar-refractivity contribution >= 4 is 0 Å². The van der Waals surface area contributed by atoms with Gasteiger partial charge in [-0.05, 0) is 36.0 Å². The molecule has 0 aromatic heterocycles. The van der Waals surface area contributed by atoms with E-state index in [1.165, 1.54) is 19.3 Å². The van der Waals surface area contributed by atoms with Crippen molar-refractivity contribution in [3.05, 3.63) is 12.7 Å². The topological polar surface area (TPSA) is 0 Å². The van der Waals surface area contributed by atoms with Crippen LogP contribution in [0.3, 0.4) is 0 Å². The molecule has 0 saturated heterocycles. The first-order valence-electron chi connectivity index (χ1n) is 5.67. The summed E-state index contributed by atoms with van der Waals surface area (Å²) in [5.74, 6) is 2.56. The molecule has 1 saturated carbocycles. The van der Waals surface area contributed by atoms with Crippen molar-refractivity contribution in [1.29, 1.82) is 0 Å². The highest BCUT2D eigenvalue weighted by atomic mass is 14.6. The Bertz CT molecular complexity index is 182. The van der Waals surface area contributed by atoms with Crippen molar-refractivity contribution in [3.63, 3.8) is 0 Å². The second kappa shape index (κ2) is 3.86. The zero-order valence-electron chi connectivity index (χ0n) is 9.64. The summed E-state index contributed by atoms with van der Waals surface area (Å²) in [5.41, 5.74) is 0.659. The molecule has 0 bridgehead atoms. The predicted molar refractivity (Wildman–Crippen MR) is 59.6 cm³/mol. The molecule has 76 valence electrons. The molecule has 13 heavy (non-hydrogen) atoms. The quantitative estimate of drug-likeness (QED) is 0.554. The summed E-state index contributed by atoms with van der Waals surface area (Å²) in [4.78, 5) is 0. The minimum Gasteiger partial charge on any atom is -0.103 e. The van der Waals surface area contributed by atoms with Crippen LogP contribution in [0.4, 0.5) is 0 Å². The van der Waals surface area contributed by atoms with Gasteiger partial charge in [-0.2, -0.15) is 0 Å². The molecule has 4 atom stereocenters. The summed E-state index contributed by atoms with van der Waals surface area (Å²) >= 11 is 0. The van der Waals surface area contributed by atoms with Gasteiger partial charge in [-0.15, -0.1) is 6.58 Å². The van der Waals surface area contributed by atoms with Crippen molar-refractivity contribution in [2.75, 3.05) is 0 Å². The second-order valence-electron chi connectivity index (χ2n) is 5.16. The largest absolute Gasteiger partial charge is 0.103 e. The number of rotatable bonds is 5. The van der Waals surface area contributed by atoms with E-state index in [2.05, 4.69) is 40.3 Å². The Morgan fingerprint density at radius 1 is 1.62 bits per heavy atom. The van der Waals surface area contributed by atoms with Crippen molar-refractivity contribution < 1.29 is 0 Å². The van der Waals surface area contributed by atoms with Crippen LogP contribution in [0.25, 0.3) is 0 Å². The molecule has 0 heteroatoms. The number of hydrogen-bond acceptors (Lipinski definition) is 0.